The number of hydrogen-bond acceptors (Lipinski definition) is 4. The summed E-state index contributed by atoms with van der Waals surface area (Å²) in [5.74, 6) is -0.00242. The second kappa shape index (κ2) is 9.15. The van der Waals surface area contributed by atoms with Crippen LogP contribution < -0.4 is 5.32 Å². The zero-order valence-corrected chi connectivity index (χ0v) is 16.7. The topological polar surface area (TPSA) is 53.4 Å². The van der Waals surface area contributed by atoms with Crippen LogP contribution in [0.2, 0.25) is 0 Å². The van der Waals surface area contributed by atoms with Gasteiger partial charge in [-0.15, -0.1) is 0 Å². The van der Waals surface area contributed by atoms with Gasteiger partial charge < -0.3 is 15.1 Å². The van der Waals surface area contributed by atoms with Gasteiger partial charge in [-0.2, -0.15) is 5.10 Å². The van der Waals surface area contributed by atoms with Crippen LogP contribution in [0.3, 0.4) is 0 Å². The molecular formula is C21H31N5O. The molecule has 6 nitrogen and oxygen atoms in total. The molecule has 2 heterocycles. The van der Waals surface area contributed by atoms with Crippen molar-refractivity contribution in [2.45, 2.75) is 38.9 Å². The second-order valence-electron chi connectivity index (χ2n) is 7.55. The third kappa shape index (κ3) is 5.17. The minimum Gasteiger partial charge on any atom is -0.333 e. The molecule has 1 atom stereocenters. The highest BCUT2D eigenvalue weighted by atomic mass is 16.2. The third-order valence-electron chi connectivity index (χ3n) is 5.04. The number of hydrogen-bond donors (Lipinski definition) is 1. The minimum atomic E-state index is -0.00242. The number of benzene rings is 1. The van der Waals surface area contributed by atoms with Crippen molar-refractivity contribution in [1.29, 1.82) is 0 Å². The van der Waals surface area contributed by atoms with Gasteiger partial charge in [-0.25, -0.2) is 0 Å². The summed E-state index contributed by atoms with van der Waals surface area (Å²) >= 11 is 0. The molecule has 0 spiro atoms. The highest BCUT2D eigenvalue weighted by Gasteiger charge is 2.20. The fourth-order valence-electron chi connectivity index (χ4n) is 3.54. The van der Waals surface area contributed by atoms with Crippen LogP contribution in [-0.2, 0) is 13.1 Å². The molecule has 1 aliphatic rings. The molecule has 1 aliphatic heterocycles. The van der Waals surface area contributed by atoms with Crippen LogP contribution in [0.4, 0.5) is 0 Å². The van der Waals surface area contributed by atoms with E-state index >= 15 is 0 Å². The van der Waals surface area contributed by atoms with E-state index < -0.39 is 0 Å². The monoisotopic (exact) mass is 369 g/mol. The van der Waals surface area contributed by atoms with Crippen LogP contribution in [0.25, 0.3) is 0 Å². The number of rotatable bonds is 7. The van der Waals surface area contributed by atoms with E-state index in [-0.39, 0.29) is 5.91 Å². The van der Waals surface area contributed by atoms with Crippen molar-refractivity contribution in [2.24, 2.45) is 0 Å². The van der Waals surface area contributed by atoms with Gasteiger partial charge in [0.25, 0.3) is 5.91 Å². The molecule has 3 rings (SSSR count). The molecule has 6 heteroatoms. The van der Waals surface area contributed by atoms with Crippen molar-refractivity contribution in [2.75, 3.05) is 33.7 Å². The van der Waals surface area contributed by atoms with Crippen molar-refractivity contribution < 1.29 is 4.79 Å². The Morgan fingerprint density at radius 2 is 1.89 bits per heavy atom. The quantitative estimate of drug-likeness (QED) is 0.815. The highest BCUT2D eigenvalue weighted by Crippen LogP contribution is 2.17. The number of aromatic nitrogens is 2. The van der Waals surface area contributed by atoms with E-state index in [4.69, 9.17) is 0 Å². The first-order valence-electron chi connectivity index (χ1n) is 9.84. The predicted octanol–water partition coefficient (Wildman–Crippen LogP) is 2.53. The van der Waals surface area contributed by atoms with Crippen molar-refractivity contribution in [3.05, 3.63) is 53.3 Å². The van der Waals surface area contributed by atoms with Crippen LogP contribution in [-0.4, -0.2) is 59.2 Å². The Morgan fingerprint density at radius 1 is 1.19 bits per heavy atom. The SMILES string of the molecule is CCN(Cc1ccc(CN(C)C)cc1)C(=O)c1ccn(C2CCCNC2)n1. The molecule has 146 valence electrons. The Balaban J connectivity index is 1.64. The van der Waals surface area contributed by atoms with E-state index in [2.05, 4.69) is 53.7 Å². The first-order valence-corrected chi connectivity index (χ1v) is 9.84. The Labute approximate surface area is 162 Å². The van der Waals surface area contributed by atoms with Gasteiger partial charge in [0.05, 0.1) is 6.04 Å². The summed E-state index contributed by atoms with van der Waals surface area (Å²) in [5.41, 5.74) is 2.95. The molecule has 1 aromatic heterocycles. The van der Waals surface area contributed by atoms with Crippen molar-refractivity contribution in [1.82, 2.24) is 24.9 Å². The zero-order valence-electron chi connectivity index (χ0n) is 16.7. The van der Waals surface area contributed by atoms with E-state index in [1.165, 1.54) is 5.56 Å². The lowest BCUT2D eigenvalue weighted by Gasteiger charge is -2.23. The Bertz CT molecular complexity index is 731. The maximum atomic E-state index is 12.9. The fraction of sp³-hybridized carbons (Fsp3) is 0.524. The Morgan fingerprint density at radius 3 is 2.48 bits per heavy atom. The number of nitrogens with one attached hydrogen (secondary N) is 1. The highest BCUT2D eigenvalue weighted by molar-refractivity contribution is 5.92. The average molecular weight is 370 g/mol. The molecule has 1 fully saturated rings. The van der Waals surface area contributed by atoms with Gasteiger partial charge in [-0.05, 0) is 57.6 Å². The summed E-state index contributed by atoms with van der Waals surface area (Å²) in [6, 6.07) is 10.7. The molecule has 1 N–H and O–H groups in total. The van der Waals surface area contributed by atoms with Crippen molar-refractivity contribution in [3.8, 4) is 0 Å². The lowest BCUT2D eigenvalue weighted by Crippen LogP contribution is -2.33. The van der Waals surface area contributed by atoms with Crippen molar-refractivity contribution >= 4 is 5.91 Å². The molecule has 1 aromatic carbocycles. The van der Waals surface area contributed by atoms with Crippen molar-refractivity contribution in [3.63, 3.8) is 0 Å². The molecule has 1 saturated heterocycles. The first-order chi connectivity index (χ1) is 13.1. The third-order valence-corrected chi connectivity index (χ3v) is 5.04. The van der Waals surface area contributed by atoms with Gasteiger partial charge in [0.15, 0.2) is 0 Å². The maximum absolute atomic E-state index is 12.9. The molecule has 0 bridgehead atoms. The smallest absolute Gasteiger partial charge is 0.274 e. The van der Waals surface area contributed by atoms with Crippen LogP contribution in [0.1, 0.15) is 47.4 Å². The van der Waals surface area contributed by atoms with E-state index in [0.717, 1.165) is 38.0 Å². The van der Waals surface area contributed by atoms with E-state index in [1.807, 2.05) is 28.8 Å². The molecule has 2 aromatic rings. The van der Waals surface area contributed by atoms with Gasteiger partial charge in [-0.3, -0.25) is 9.48 Å². The van der Waals surface area contributed by atoms with E-state index in [0.29, 0.717) is 24.8 Å². The number of nitrogens with zero attached hydrogens (tertiary/aromatic N) is 4. The average Bonchev–Trinajstić information content (AvgIpc) is 3.17. The zero-order chi connectivity index (χ0) is 19.2. The summed E-state index contributed by atoms with van der Waals surface area (Å²) in [5, 5.41) is 7.97. The summed E-state index contributed by atoms with van der Waals surface area (Å²) in [7, 11) is 4.13. The number of amides is 1. The van der Waals surface area contributed by atoms with Gasteiger partial charge in [-0.1, -0.05) is 24.3 Å². The van der Waals surface area contributed by atoms with E-state index in [9.17, 15) is 4.79 Å². The van der Waals surface area contributed by atoms with Gasteiger partial charge in [0, 0.05) is 32.4 Å². The molecule has 1 amide bonds. The molecular weight excluding hydrogens is 338 g/mol. The number of carbonyl (C=O) groups excluding carboxylic acids is 1. The lowest BCUT2D eigenvalue weighted by molar-refractivity contribution is 0.0745. The lowest BCUT2D eigenvalue weighted by atomic mass is 10.1. The molecule has 0 aliphatic carbocycles. The van der Waals surface area contributed by atoms with Crippen LogP contribution in [0.5, 0.6) is 0 Å². The van der Waals surface area contributed by atoms with Gasteiger partial charge in [0.1, 0.15) is 5.69 Å². The Hall–Kier alpha value is -2.18. The summed E-state index contributed by atoms with van der Waals surface area (Å²) in [6.07, 6.45) is 4.20. The molecule has 1 unspecified atom stereocenters. The molecule has 0 radical (unpaired) electrons. The fourth-order valence-corrected chi connectivity index (χ4v) is 3.54. The standard InChI is InChI=1S/C21H31N5O/c1-4-25(16-18-9-7-17(8-10-18)15-24(2)3)21(27)20-11-13-26(23-20)19-6-5-12-22-14-19/h7-11,13,19,22H,4-6,12,14-16H2,1-3H3. The van der Waals surface area contributed by atoms with Crippen LogP contribution >= 0.6 is 0 Å². The molecule has 0 saturated carbocycles. The summed E-state index contributed by atoms with van der Waals surface area (Å²) < 4.78 is 1.95. The summed E-state index contributed by atoms with van der Waals surface area (Å²) in [4.78, 5) is 16.9. The maximum Gasteiger partial charge on any atom is 0.274 e. The number of piperidine rings is 1. The number of carbonyl (C=O) groups is 1. The van der Waals surface area contributed by atoms with E-state index in [1.54, 1.807) is 0 Å². The summed E-state index contributed by atoms with van der Waals surface area (Å²) in [6.45, 7) is 6.20. The molecule has 27 heavy (non-hydrogen) atoms. The van der Waals surface area contributed by atoms with Gasteiger partial charge >= 0.3 is 0 Å². The predicted molar refractivity (Wildman–Crippen MR) is 108 cm³/mol. The largest absolute Gasteiger partial charge is 0.333 e. The van der Waals surface area contributed by atoms with Gasteiger partial charge in [0.2, 0.25) is 0 Å². The van der Waals surface area contributed by atoms with Crippen LogP contribution in [0, 0.1) is 0 Å². The first kappa shape index (κ1) is 19.6. The normalized spacial score (nSPS) is 17.3. The second-order valence-corrected chi connectivity index (χ2v) is 7.55. The minimum absolute atomic E-state index is 0.00242. The Kier molecular flexibility index (Phi) is 6.63. The van der Waals surface area contributed by atoms with Crippen LogP contribution in [0.15, 0.2) is 36.5 Å².